The molecule has 0 atom stereocenters. The van der Waals surface area contributed by atoms with E-state index in [1.807, 2.05) is 30.3 Å². The number of nitrogens with two attached hydrogens (primary N) is 2. The minimum absolute atomic E-state index is 0.000280. The summed E-state index contributed by atoms with van der Waals surface area (Å²) in [6.45, 7) is 0. The molecule has 0 radical (unpaired) electrons. The number of guanidine groups is 1. The Morgan fingerprint density at radius 2 is 1.72 bits per heavy atom. The van der Waals surface area contributed by atoms with Crippen molar-refractivity contribution in [3.8, 4) is 16.9 Å². The summed E-state index contributed by atoms with van der Waals surface area (Å²) >= 11 is 0. The zero-order chi connectivity index (χ0) is 13.0. The van der Waals surface area contributed by atoms with Crippen molar-refractivity contribution in [3.63, 3.8) is 0 Å². The van der Waals surface area contributed by atoms with E-state index in [9.17, 15) is 0 Å². The molecule has 1 heterocycles. The molecule has 18 heavy (non-hydrogen) atoms. The SMILES string of the molecule is COc1ccc(-c2ccc(N=C(N)N)nc2)cc1. The third kappa shape index (κ3) is 2.76. The molecule has 5 heteroatoms. The lowest BCUT2D eigenvalue weighted by molar-refractivity contribution is 0.415. The van der Waals surface area contributed by atoms with Crippen molar-refractivity contribution < 1.29 is 4.74 Å². The van der Waals surface area contributed by atoms with Crippen LogP contribution in [0.2, 0.25) is 0 Å². The predicted molar refractivity (Wildman–Crippen MR) is 71.7 cm³/mol. The molecule has 0 fully saturated rings. The van der Waals surface area contributed by atoms with Gasteiger partial charge in [-0.2, -0.15) is 4.99 Å². The van der Waals surface area contributed by atoms with Crippen LogP contribution < -0.4 is 16.2 Å². The number of hydrogen-bond donors (Lipinski definition) is 2. The van der Waals surface area contributed by atoms with Crippen LogP contribution in [0, 0.1) is 0 Å². The van der Waals surface area contributed by atoms with E-state index in [1.165, 1.54) is 0 Å². The van der Waals surface area contributed by atoms with E-state index < -0.39 is 0 Å². The fourth-order valence-corrected chi connectivity index (χ4v) is 1.54. The number of aromatic nitrogens is 1. The van der Waals surface area contributed by atoms with E-state index in [0.717, 1.165) is 16.9 Å². The number of rotatable bonds is 3. The monoisotopic (exact) mass is 242 g/mol. The highest BCUT2D eigenvalue weighted by Gasteiger charge is 1.99. The summed E-state index contributed by atoms with van der Waals surface area (Å²) in [6.07, 6.45) is 1.73. The molecule has 0 amide bonds. The summed E-state index contributed by atoms with van der Waals surface area (Å²) in [6, 6.07) is 11.4. The van der Waals surface area contributed by atoms with Crippen molar-refractivity contribution in [1.82, 2.24) is 4.98 Å². The lowest BCUT2D eigenvalue weighted by Crippen LogP contribution is -2.22. The maximum atomic E-state index is 5.28. The van der Waals surface area contributed by atoms with Crippen LogP contribution in [0.25, 0.3) is 11.1 Å². The van der Waals surface area contributed by atoms with E-state index in [2.05, 4.69) is 9.98 Å². The lowest BCUT2D eigenvalue weighted by Gasteiger charge is -2.03. The first-order chi connectivity index (χ1) is 8.69. The number of benzene rings is 1. The van der Waals surface area contributed by atoms with E-state index in [1.54, 1.807) is 19.4 Å². The summed E-state index contributed by atoms with van der Waals surface area (Å²) in [5.74, 6) is 1.32. The highest BCUT2D eigenvalue weighted by molar-refractivity contribution is 5.78. The van der Waals surface area contributed by atoms with Crippen molar-refractivity contribution in [2.45, 2.75) is 0 Å². The number of ether oxygens (including phenoxy) is 1. The number of nitrogens with zero attached hydrogens (tertiary/aromatic N) is 2. The first-order valence-corrected chi connectivity index (χ1v) is 5.39. The zero-order valence-corrected chi connectivity index (χ0v) is 10.00. The van der Waals surface area contributed by atoms with Crippen molar-refractivity contribution in [3.05, 3.63) is 42.6 Å². The molecular weight excluding hydrogens is 228 g/mol. The van der Waals surface area contributed by atoms with E-state index in [4.69, 9.17) is 16.2 Å². The van der Waals surface area contributed by atoms with E-state index >= 15 is 0 Å². The molecule has 0 aliphatic carbocycles. The van der Waals surface area contributed by atoms with Gasteiger partial charge in [-0.15, -0.1) is 0 Å². The van der Waals surface area contributed by atoms with E-state index in [0.29, 0.717) is 5.82 Å². The number of aliphatic imine (C=N–C) groups is 1. The normalized spacial score (nSPS) is 9.83. The van der Waals surface area contributed by atoms with Crippen LogP contribution in [-0.4, -0.2) is 18.1 Å². The maximum Gasteiger partial charge on any atom is 0.192 e. The molecule has 0 saturated heterocycles. The minimum Gasteiger partial charge on any atom is -0.497 e. The quantitative estimate of drug-likeness (QED) is 0.633. The molecule has 5 nitrogen and oxygen atoms in total. The van der Waals surface area contributed by atoms with Crippen molar-refractivity contribution in [2.24, 2.45) is 16.5 Å². The molecule has 2 rings (SSSR count). The zero-order valence-electron chi connectivity index (χ0n) is 10.00. The summed E-state index contributed by atoms with van der Waals surface area (Å²) < 4.78 is 5.11. The van der Waals surface area contributed by atoms with Crippen LogP contribution >= 0.6 is 0 Å². The van der Waals surface area contributed by atoms with E-state index in [-0.39, 0.29) is 5.96 Å². The van der Waals surface area contributed by atoms with Gasteiger partial charge in [0.05, 0.1) is 7.11 Å². The molecule has 0 saturated carbocycles. The van der Waals surface area contributed by atoms with Crippen LogP contribution in [0.15, 0.2) is 47.6 Å². The summed E-state index contributed by atoms with van der Waals surface area (Å²) in [7, 11) is 1.64. The van der Waals surface area contributed by atoms with Gasteiger partial charge in [0.25, 0.3) is 0 Å². The van der Waals surface area contributed by atoms with Gasteiger partial charge in [-0.1, -0.05) is 12.1 Å². The molecule has 0 spiro atoms. The second-order valence-corrected chi connectivity index (χ2v) is 3.67. The molecule has 92 valence electrons. The average molecular weight is 242 g/mol. The molecular formula is C13H14N4O. The van der Waals surface area contributed by atoms with Gasteiger partial charge in [0.15, 0.2) is 11.8 Å². The minimum atomic E-state index is -0.000280. The first-order valence-electron chi connectivity index (χ1n) is 5.39. The fraction of sp³-hybridized carbons (Fsp3) is 0.0769. The number of pyridine rings is 1. The Morgan fingerprint density at radius 3 is 2.22 bits per heavy atom. The highest BCUT2D eigenvalue weighted by atomic mass is 16.5. The molecule has 0 unspecified atom stereocenters. The van der Waals surface area contributed by atoms with Crippen LogP contribution in [0.1, 0.15) is 0 Å². The van der Waals surface area contributed by atoms with Gasteiger partial charge in [-0.25, -0.2) is 4.98 Å². The lowest BCUT2D eigenvalue weighted by atomic mass is 10.1. The van der Waals surface area contributed by atoms with Crippen molar-refractivity contribution in [2.75, 3.05) is 7.11 Å². The average Bonchev–Trinajstić information content (AvgIpc) is 2.39. The van der Waals surface area contributed by atoms with Gasteiger partial charge in [0.1, 0.15) is 5.75 Å². The second-order valence-electron chi connectivity index (χ2n) is 3.67. The molecule has 0 bridgehead atoms. The smallest absolute Gasteiger partial charge is 0.192 e. The van der Waals surface area contributed by atoms with Crippen molar-refractivity contribution >= 4 is 11.8 Å². The van der Waals surface area contributed by atoms with Gasteiger partial charge >= 0.3 is 0 Å². The fourth-order valence-electron chi connectivity index (χ4n) is 1.54. The highest BCUT2D eigenvalue weighted by Crippen LogP contribution is 2.22. The van der Waals surface area contributed by atoms with Crippen molar-refractivity contribution in [1.29, 1.82) is 0 Å². The van der Waals surface area contributed by atoms with Crippen LogP contribution in [0.4, 0.5) is 5.82 Å². The molecule has 0 aliphatic heterocycles. The third-order valence-electron chi connectivity index (χ3n) is 2.41. The largest absolute Gasteiger partial charge is 0.497 e. The van der Waals surface area contributed by atoms with Gasteiger partial charge in [0, 0.05) is 11.8 Å². The Labute approximate surface area is 105 Å². The number of hydrogen-bond acceptors (Lipinski definition) is 3. The maximum absolute atomic E-state index is 5.28. The third-order valence-corrected chi connectivity index (χ3v) is 2.41. The molecule has 2 aromatic rings. The Bertz CT molecular complexity index is 542. The molecule has 1 aromatic heterocycles. The summed E-state index contributed by atoms with van der Waals surface area (Å²) in [4.78, 5) is 8.02. The van der Waals surface area contributed by atoms with Gasteiger partial charge in [-0.3, -0.25) is 0 Å². The Hall–Kier alpha value is -2.56. The first kappa shape index (κ1) is 11.9. The topological polar surface area (TPSA) is 86.5 Å². The van der Waals surface area contributed by atoms with Gasteiger partial charge < -0.3 is 16.2 Å². The van der Waals surface area contributed by atoms with Gasteiger partial charge in [0.2, 0.25) is 0 Å². The molecule has 1 aromatic carbocycles. The standard InChI is InChI=1S/C13H14N4O/c1-18-11-5-2-9(3-6-11)10-4-7-12(16-8-10)17-13(14)15/h2-8H,1H3,(H4,14,15,16,17). The molecule has 4 N–H and O–H groups in total. The Kier molecular flexibility index (Phi) is 3.43. The Balaban J connectivity index is 2.25. The van der Waals surface area contributed by atoms with Crippen LogP contribution in [0.3, 0.4) is 0 Å². The number of methoxy groups -OCH3 is 1. The van der Waals surface area contributed by atoms with Gasteiger partial charge in [-0.05, 0) is 29.8 Å². The summed E-state index contributed by atoms with van der Waals surface area (Å²) in [5, 5.41) is 0. The van der Waals surface area contributed by atoms with Crippen LogP contribution in [0.5, 0.6) is 5.75 Å². The molecule has 0 aliphatic rings. The van der Waals surface area contributed by atoms with Crippen LogP contribution in [-0.2, 0) is 0 Å². The Morgan fingerprint density at radius 1 is 1.06 bits per heavy atom. The summed E-state index contributed by atoms with van der Waals surface area (Å²) in [5.41, 5.74) is 12.6. The second kappa shape index (κ2) is 5.18. The predicted octanol–water partition coefficient (Wildman–Crippen LogP) is 1.66.